The van der Waals surface area contributed by atoms with Gasteiger partial charge >= 0.3 is 0 Å². The molecule has 0 bridgehead atoms. The third-order valence-corrected chi connectivity index (χ3v) is 4.90. The largest absolute Gasteiger partial charge is 0.382 e. The lowest BCUT2D eigenvalue weighted by molar-refractivity contribution is 0.317. The van der Waals surface area contributed by atoms with Gasteiger partial charge in [-0.25, -0.2) is 0 Å². The summed E-state index contributed by atoms with van der Waals surface area (Å²) in [5.41, 5.74) is 2.62. The van der Waals surface area contributed by atoms with Crippen LogP contribution in [0.1, 0.15) is 44.6 Å². The van der Waals surface area contributed by atoms with Gasteiger partial charge in [-0.2, -0.15) is 0 Å². The van der Waals surface area contributed by atoms with Crippen molar-refractivity contribution in [3.05, 3.63) is 28.2 Å². The molecule has 1 aromatic carbocycles. The fourth-order valence-electron chi connectivity index (χ4n) is 2.85. The first-order chi connectivity index (χ1) is 8.22. The van der Waals surface area contributed by atoms with Gasteiger partial charge in [-0.3, -0.25) is 0 Å². The Morgan fingerprint density at radius 2 is 2.06 bits per heavy atom. The predicted molar refractivity (Wildman–Crippen MR) is 78.5 cm³/mol. The van der Waals surface area contributed by atoms with E-state index in [-0.39, 0.29) is 0 Å². The van der Waals surface area contributed by atoms with Crippen molar-refractivity contribution in [3.8, 4) is 0 Å². The number of halogens is 1. The van der Waals surface area contributed by atoms with Crippen LogP contribution in [0.25, 0.3) is 0 Å². The molecular weight excluding hydrogens is 274 g/mol. The number of hydrogen-bond donors (Lipinski definition) is 1. The van der Waals surface area contributed by atoms with Crippen LogP contribution in [-0.4, -0.2) is 6.04 Å². The summed E-state index contributed by atoms with van der Waals surface area (Å²) in [6, 6.07) is 7.09. The van der Waals surface area contributed by atoms with Crippen molar-refractivity contribution in [2.45, 2.75) is 52.0 Å². The Morgan fingerprint density at radius 3 is 2.82 bits per heavy atom. The normalized spacial score (nSPS) is 24.6. The van der Waals surface area contributed by atoms with Gasteiger partial charge in [0.15, 0.2) is 0 Å². The highest BCUT2D eigenvalue weighted by Gasteiger charge is 2.23. The Balaban J connectivity index is 2.11. The quantitative estimate of drug-likeness (QED) is 0.814. The molecule has 2 unspecified atom stereocenters. The zero-order valence-electron chi connectivity index (χ0n) is 10.8. The SMILES string of the molecule is CCC1CCCCC1Nc1cccc(Br)c1C. The van der Waals surface area contributed by atoms with Crippen molar-refractivity contribution < 1.29 is 0 Å². The third-order valence-electron chi connectivity index (χ3n) is 4.04. The zero-order chi connectivity index (χ0) is 12.3. The number of hydrogen-bond acceptors (Lipinski definition) is 1. The monoisotopic (exact) mass is 295 g/mol. The molecule has 17 heavy (non-hydrogen) atoms. The third kappa shape index (κ3) is 3.04. The smallest absolute Gasteiger partial charge is 0.0383 e. The summed E-state index contributed by atoms with van der Waals surface area (Å²) in [6.07, 6.45) is 6.80. The average molecular weight is 296 g/mol. The molecule has 1 aromatic rings. The van der Waals surface area contributed by atoms with E-state index in [2.05, 4.69) is 53.3 Å². The lowest BCUT2D eigenvalue weighted by Gasteiger charge is -2.32. The minimum Gasteiger partial charge on any atom is -0.382 e. The van der Waals surface area contributed by atoms with E-state index in [9.17, 15) is 0 Å². The van der Waals surface area contributed by atoms with Crippen molar-refractivity contribution in [2.24, 2.45) is 5.92 Å². The fourth-order valence-corrected chi connectivity index (χ4v) is 3.22. The minimum absolute atomic E-state index is 0.668. The molecule has 0 spiro atoms. The Bertz CT molecular complexity index is 375. The average Bonchev–Trinajstić information content (AvgIpc) is 2.35. The van der Waals surface area contributed by atoms with Crippen molar-refractivity contribution in [2.75, 3.05) is 5.32 Å². The van der Waals surface area contributed by atoms with Crippen molar-refractivity contribution in [3.63, 3.8) is 0 Å². The van der Waals surface area contributed by atoms with E-state index in [1.807, 2.05) is 0 Å². The van der Waals surface area contributed by atoms with Gasteiger partial charge in [0.1, 0.15) is 0 Å². The summed E-state index contributed by atoms with van der Waals surface area (Å²) in [5.74, 6) is 0.849. The van der Waals surface area contributed by atoms with Crippen LogP contribution in [0.15, 0.2) is 22.7 Å². The Labute approximate surface area is 113 Å². The second-order valence-electron chi connectivity index (χ2n) is 5.12. The van der Waals surface area contributed by atoms with Crippen LogP contribution < -0.4 is 5.32 Å². The van der Waals surface area contributed by atoms with E-state index in [4.69, 9.17) is 0 Å². The van der Waals surface area contributed by atoms with Gasteiger partial charge in [0.05, 0.1) is 0 Å². The second kappa shape index (κ2) is 5.90. The van der Waals surface area contributed by atoms with E-state index >= 15 is 0 Å². The zero-order valence-corrected chi connectivity index (χ0v) is 12.4. The first-order valence-corrected chi connectivity index (χ1v) is 7.53. The highest BCUT2D eigenvalue weighted by molar-refractivity contribution is 9.10. The van der Waals surface area contributed by atoms with Gasteiger partial charge in [-0.15, -0.1) is 0 Å². The highest BCUT2D eigenvalue weighted by atomic mass is 79.9. The van der Waals surface area contributed by atoms with Gasteiger partial charge in [0.2, 0.25) is 0 Å². The van der Waals surface area contributed by atoms with Crippen LogP contribution in [0.5, 0.6) is 0 Å². The Morgan fingerprint density at radius 1 is 1.29 bits per heavy atom. The molecule has 1 aliphatic rings. The molecular formula is C15H22BrN. The molecule has 0 radical (unpaired) electrons. The van der Waals surface area contributed by atoms with Crippen LogP contribution in [-0.2, 0) is 0 Å². The van der Waals surface area contributed by atoms with Crippen molar-refractivity contribution >= 4 is 21.6 Å². The van der Waals surface area contributed by atoms with E-state index in [0.29, 0.717) is 6.04 Å². The second-order valence-corrected chi connectivity index (χ2v) is 5.97. The maximum absolute atomic E-state index is 3.76. The molecule has 1 nitrogen and oxygen atoms in total. The molecule has 0 aromatic heterocycles. The van der Waals surface area contributed by atoms with E-state index in [1.54, 1.807) is 0 Å². The molecule has 2 heteroatoms. The maximum Gasteiger partial charge on any atom is 0.0383 e. The first-order valence-electron chi connectivity index (χ1n) is 6.74. The van der Waals surface area contributed by atoms with Gasteiger partial charge in [0.25, 0.3) is 0 Å². The molecule has 0 heterocycles. The van der Waals surface area contributed by atoms with E-state index in [1.165, 1.54) is 47.8 Å². The van der Waals surface area contributed by atoms with E-state index in [0.717, 1.165) is 5.92 Å². The standard InChI is InChI=1S/C15H22BrN/c1-3-12-7-4-5-9-15(12)17-14-10-6-8-13(16)11(14)2/h6,8,10,12,15,17H,3-5,7,9H2,1-2H3. The van der Waals surface area contributed by atoms with Crippen LogP contribution in [0.3, 0.4) is 0 Å². The van der Waals surface area contributed by atoms with E-state index < -0.39 is 0 Å². The van der Waals surface area contributed by atoms with Gasteiger partial charge < -0.3 is 5.32 Å². The highest BCUT2D eigenvalue weighted by Crippen LogP contribution is 2.31. The van der Waals surface area contributed by atoms with Gasteiger partial charge in [0, 0.05) is 16.2 Å². The molecule has 0 saturated heterocycles. The van der Waals surface area contributed by atoms with Crippen LogP contribution >= 0.6 is 15.9 Å². The fraction of sp³-hybridized carbons (Fsp3) is 0.600. The van der Waals surface area contributed by atoms with Crippen LogP contribution in [0, 0.1) is 12.8 Å². The number of rotatable bonds is 3. The van der Waals surface area contributed by atoms with Gasteiger partial charge in [-0.1, -0.05) is 48.2 Å². The molecule has 1 fully saturated rings. The number of benzene rings is 1. The summed E-state index contributed by atoms with van der Waals surface area (Å²) in [4.78, 5) is 0. The molecule has 2 rings (SSSR count). The first kappa shape index (κ1) is 12.9. The Kier molecular flexibility index (Phi) is 4.49. The molecule has 0 aliphatic heterocycles. The summed E-state index contributed by atoms with van der Waals surface area (Å²) in [5, 5.41) is 3.76. The van der Waals surface area contributed by atoms with Crippen molar-refractivity contribution in [1.82, 2.24) is 0 Å². The maximum atomic E-state index is 3.76. The Hall–Kier alpha value is -0.500. The van der Waals surface area contributed by atoms with Crippen LogP contribution in [0.4, 0.5) is 5.69 Å². The molecule has 2 atom stereocenters. The summed E-state index contributed by atoms with van der Waals surface area (Å²) >= 11 is 3.60. The van der Waals surface area contributed by atoms with Crippen LogP contribution in [0.2, 0.25) is 0 Å². The molecule has 1 N–H and O–H groups in total. The molecule has 94 valence electrons. The lowest BCUT2D eigenvalue weighted by atomic mass is 9.82. The molecule has 0 amide bonds. The summed E-state index contributed by atoms with van der Waals surface area (Å²) in [7, 11) is 0. The minimum atomic E-state index is 0.668. The van der Waals surface area contributed by atoms with Gasteiger partial charge in [-0.05, 0) is 43.4 Å². The number of nitrogens with one attached hydrogen (secondary N) is 1. The number of anilines is 1. The predicted octanol–water partition coefficient (Wildman–Crippen LogP) is 5.14. The topological polar surface area (TPSA) is 12.0 Å². The van der Waals surface area contributed by atoms with Crippen molar-refractivity contribution in [1.29, 1.82) is 0 Å². The summed E-state index contributed by atoms with van der Waals surface area (Å²) < 4.78 is 1.20. The molecule has 1 aliphatic carbocycles. The molecule has 1 saturated carbocycles. The summed E-state index contributed by atoms with van der Waals surface area (Å²) in [6.45, 7) is 4.49. The lowest BCUT2D eigenvalue weighted by Crippen LogP contribution is -2.32.